The Kier molecular flexibility index (Phi) is 5.68. The molecule has 27 heavy (non-hydrogen) atoms. The lowest BCUT2D eigenvalue weighted by Gasteiger charge is -2.32. The largest absolute Gasteiger partial charge is 0.485 e. The van der Waals surface area contributed by atoms with Crippen molar-refractivity contribution < 1.29 is 19.1 Å². The van der Waals surface area contributed by atoms with Crippen LogP contribution in [0.5, 0.6) is 5.75 Å². The summed E-state index contributed by atoms with van der Waals surface area (Å²) in [5.74, 6) is 0.309. The van der Waals surface area contributed by atoms with Crippen molar-refractivity contribution in [3.8, 4) is 5.75 Å². The topological polar surface area (TPSA) is 79.0 Å². The van der Waals surface area contributed by atoms with Crippen molar-refractivity contribution in [3.63, 3.8) is 0 Å². The molecule has 0 unspecified atom stereocenters. The van der Waals surface area contributed by atoms with Gasteiger partial charge < -0.3 is 19.9 Å². The van der Waals surface area contributed by atoms with Gasteiger partial charge in [-0.05, 0) is 32.4 Å². The fourth-order valence-electron chi connectivity index (χ4n) is 3.72. The molecule has 1 aromatic carbocycles. The maximum Gasteiger partial charge on any atom is 0.255 e. The summed E-state index contributed by atoms with van der Waals surface area (Å²) < 4.78 is 6.27. The average Bonchev–Trinajstić information content (AvgIpc) is 2.91. The second-order valence-electron chi connectivity index (χ2n) is 7.10. The first-order valence-corrected chi connectivity index (χ1v) is 9.60. The molecular weight excluding hydrogens is 346 g/mol. The molecule has 1 spiro atoms. The number of nitrogens with one attached hydrogen (secondary N) is 1. The van der Waals surface area contributed by atoms with Crippen LogP contribution in [0, 0.1) is 0 Å². The monoisotopic (exact) mass is 373 g/mol. The van der Waals surface area contributed by atoms with Gasteiger partial charge in [-0.2, -0.15) is 0 Å². The number of likely N-dealkylation sites (N-methyl/N-ethyl adjacent to an activating group) is 1. The summed E-state index contributed by atoms with van der Waals surface area (Å²) in [6.45, 7) is 6.01. The first-order valence-electron chi connectivity index (χ1n) is 9.60. The van der Waals surface area contributed by atoms with Crippen molar-refractivity contribution in [3.05, 3.63) is 29.8 Å². The number of hydrogen-bond acceptors (Lipinski definition) is 4. The van der Waals surface area contributed by atoms with Gasteiger partial charge in [0.25, 0.3) is 5.91 Å². The third-order valence-electron chi connectivity index (χ3n) is 5.46. The standard InChI is InChI=1S/C20H27N3O4/c1-3-22(4-2)18(25)13-23-12-11-20(10-9-17(23)24)14-21-19(26)15-7-5-6-8-16(15)27-20/h5-8H,3-4,9-14H2,1-2H3,(H,21,26)/t20-/m1/s1. The smallest absolute Gasteiger partial charge is 0.255 e. The Morgan fingerprint density at radius 3 is 2.70 bits per heavy atom. The highest BCUT2D eigenvalue weighted by molar-refractivity contribution is 5.97. The molecule has 146 valence electrons. The molecule has 1 saturated heterocycles. The van der Waals surface area contributed by atoms with Gasteiger partial charge in [-0.3, -0.25) is 14.4 Å². The van der Waals surface area contributed by atoms with Gasteiger partial charge in [-0.1, -0.05) is 12.1 Å². The number of likely N-dealkylation sites (tertiary alicyclic amines) is 1. The molecule has 1 atom stereocenters. The number of fused-ring (bicyclic) bond motifs is 1. The minimum Gasteiger partial charge on any atom is -0.485 e. The second-order valence-corrected chi connectivity index (χ2v) is 7.10. The Hall–Kier alpha value is -2.57. The molecule has 2 aliphatic heterocycles. The Balaban J connectivity index is 1.74. The third kappa shape index (κ3) is 4.07. The molecule has 7 nitrogen and oxygen atoms in total. The molecular formula is C20H27N3O4. The summed E-state index contributed by atoms with van der Waals surface area (Å²) in [5, 5.41) is 2.93. The van der Waals surface area contributed by atoms with E-state index in [4.69, 9.17) is 4.74 Å². The van der Waals surface area contributed by atoms with Crippen LogP contribution in [0.25, 0.3) is 0 Å². The Morgan fingerprint density at radius 2 is 1.96 bits per heavy atom. The maximum atomic E-state index is 12.6. The van der Waals surface area contributed by atoms with Crippen molar-refractivity contribution in [2.45, 2.75) is 38.7 Å². The van der Waals surface area contributed by atoms with Crippen LogP contribution in [0.1, 0.15) is 43.5 Å². The van der Waals surface area contributed by atoms with Crippen molar-refractivity contribution in [1.29, 1.82) is 0 Å². The zero-order valence-electron chi connectivity index (χ0n) is 16.0. The van der Waals surface area contributed by atoms with Crippen molar-refractivity contribution in [2.24, 2.45) is 0 Å². The van der Waals surface area contributed by atoms with Gasteiger partial charge in [0.2, 0.25) is 11.8 Å². The quantitative estimate of drug-likeness (QED) is 0.866. The SMILES string of the molecule is CCN(CC)C(=O)CN1CC[C@]2(CCC1=O)CNC(=O)c1ccccc1O2. The molecule has 7 heteroatoms. The fourth-order valence-corrected chi connectivity index (χ4v) is 3.72. The zero-order valence-corrected chi connectivity index (χ0v) is 16.0. The lowest BCUT2D eigenvalue weighted by atomic mass is 9.94. The number of para-hydroxylation sites is 1. The Bertz CT molecular complexity index is 732. The lowest BCUT2D eigenvalue weighted by molar-refractivity contribution is -0.140. The molecule has 0 aliphatic carbocycles. The van der Waals surface area contributed by atoms with E-state index in [1.165, 1.54) is 0 Å². The summed E-state index contributed by atoms with van der Waals surface area (Å²) in [4.78, 5) is 40.7. The molecule has 0 radical (unpaired) electrons. The molecule has 0 bridgehead atoms. The number of rotatable bonds is 4. The van der Waals surface area contributed by atoms with Crippen molar-refractivity contribution >= 4 is 17.7 Å². The molecule has 1 fully saturated rings. The number of benzene rings is 1. The van der Waals surface area contributed by atoms with Crippen LogP contribution in [0.15, 0.2) is 24.3 Å². The van der Waals surface area contributed by atoms with Gasteiger partial charge in [0.1, 0.15) is 11.4 Å². The van der Waals surface area contributed by atoms with Crippen molar-refractivity contribution in [2.75, 3.05) is 32.7 Å². The minimum absolute atomic E-state index is 0.0373. The number of carbonyl (C=O) groups excluding carboxylic acids is 3. The average molecular weight is 373 g/mol. The van der Waals surface area contributed by atoms with Crippen LogP contribution in [-0.2, 0) is 9.59 Å². The van der Waals surface area contributed by atoms with E-state index in [1.807, 2.05) is 19.9 Å². The van der Waals surface area contributed by atoms with E-state index in [-0.39, 0.29) is 24.3 Å². The highest BCUT2D eigenvalue weighted by Crippen LogP contribution is 2.33. The van der Waals surface area contributed by atoms with Crippen LogP contribution in [0.4, 0.5) is 0 Å². The first kappa shape index (κ1) is 19.2. The molecule has 0 saturated carbocycles. The van der Waals surface area contributed by atoms with Crippen LogP contribution < -0.4 is 10.1 Å². The van der Waals surface area contributed by atoms with Gasteiger partial charge in [-0.15, -0.1) is 0 Å². The number of carbonyl (C=O) groups is 3. The summed E-state index contributed by atoms with van der Waals surface area (Å²) in [7, 11) is 0. The van der Waals surface area contributed by atoms with E-state index in [2.05, 4.69) is 5.32 Å². The minimum atomic E-state index is -0.634. The van der Waals surface area contributed by atoms with Crippen LogP contribution in [0.3, 0.4) is 0 Å². The summed E-state index contributed by atoms with van der Waals surface area (Å²) >= 11 is 0. The number of nitrogens with zero attached hydrogens (tertiary/aromatic N) is 2. The Morgan fingerprint density at radius 1 is 1.22 bits per heavy atom. The second kappa shape index (κ2) is 7.98. The van der Waals surface area contributed by atoms with Crippen LogP contribution in [-0.4, -0.2) is 65.8 Å². The molecule has 2 heterocycles. The molecule has 3 amide bonds. The molecule has 3 rings (SSSR count). The summed E-state index contributed by atoms with van der Waals surface area (Å²) in [6, 6.07) is 7.16. The van der Waals surface area contributed by atoms with Gasteiger partial charge in [0, 0.05) is 32.5 Å². The van der Waals surface area contributed by atoms with E-state index in [0.29, 0.717) is 56.8 Å². The molecule has 0 aromatic heterocycles. The van der Waals surface area contributed by atoms with E-state index in [1.54, 1.807) is 28.0 Å². The van der Waals surface area contributed by atoms with Gasteiger partial charge in [-0.25, -0.2) is 0 Å². The Labute approximate surface area is 159 Å². The fraction of sp³-hybridized carbons (Fsp3) is 0.550. The highest BCUT2D eigenvalue weighted by Gasteiger charge is 2.40. The van der Waals surface area contributed by atoms with Crippen molar-refractivity contribution in [1.82, 2.24) is 15.1 Å². The van der Waals surface area contributed by atoms with Gasteiger partial charge in [0.05, 0.1) is 18.7 Å². The van der Waals surface area contributed by atoms with Gasteiger partial charge >= 0.3 is 0 Å². The summed E-state index contributed by atoms with van der Waals surface area (Å²) in [5.41, 5.74) is -0.121. The van der Waals surface area contributed by atoms with E-state index < -0.39 is 5.60 Å². The molecule has 1 N–H and O–H groups in total. The van der Waals surface area contributed by atoms with Crippen LogP contribution >= 0.6 is 0 Å². The van der Waals surface area contributed by atoms with Gasteiger partial charge in [0.15, 0.2) is 0 Å². The lowest BCUT2D eigenvalue weighted by Crippen LogP contribution is -2.46. The third-order valence-corrected chi connectivity index (χ3v) is 5.46. The summed E-state index contributed by atoms with van der Waals surface area (Å²) in [6.07, 6.45) is 1.37. The normalized spacial score (nSPS) is 22.4. The molecule has 2 aliphatic rings. The number of ether oxygens (including phenoxy) is 1. The van der Waals surface area contributed by atoms with E-state index >= 15 is 0 Å². The van der Waals surface area contributed by atoms with Crippen LogP contribution in [0.2, 0.25) is 0 Å². The van der Waals surface area contributed by atoms with E-state index in [0.717, 1.165) is 0 Å². The van der Waals surface area contributed by atoms with E-state index in [9.17, 15) is 14.4 Å². The maximum absolute atomic E-state index is 12.6. The number of hydrogen-bond donors (Lipinski definition) is 1. The predicted molar refractivity (Wildman–Crippen MR) is 100 cm³/mol. The first-order chi connectivity index (χ1) is 13.0. The predicted octanol–water partition coefficient (Wildman–Crippen LogP) is 1.43. The zero-order chi connectivity index (χ0) is 19.4. The highest BCUT2D eigenvalue weighted by atomic mass is 16.5. The number of amides is 3. The molecule has 1 aromatic rings.